The minimum absolute atomic E-state index is 0.0767. The molecule has 2 rings (SSSR count). The normalized spacial score (nSPS) is 13.1. The van der Waals surface area contributed by atoms with Crippen LogP contribution >= 0.6 is 0 Å². The van der Waals surface area contributed by atoms with Gasteiger partial charge in [-0.15, -0.1) is 6.58 Å². The van der Waals surface area contributed by atoms with Crippen molar-refractivity contribution in [1.82, 2.24) is 5.32 Å². The van der Waals surface area contributed by atoms with E-state index in [0.717, 1.165) is 23.5 Å². The van der Waals surface area contributed by atoms with Gasteiger partial charge in [-0.3, -0.25) is 0 Å². The fourth-order valence-electron chi connectivity index (χ4n) is 2.79. The molecule has 0 aliphatic rings. The van der Waals surface area contributed by atoms with Gasteiger partial charge in [-0.05, 0) is 24.5 Å². The number of hydrogen-bond acceptors (Lipinski definition) is 4. The third-order valence-corrected chi connectivity index (χ3v) is 4.22. The van der Waals surface area contributed by atoms with E-state index in [1.165, 1.54) is 5.56 Å². The number of aliphatic hydroxyl groups excluding tert-OH is 1. The van der Waals surface area contributed by atoms with Crippen LogP contribution in [-0.4, -0.2) is 31.5 Å². The fraction of sp³-hybridized carbons (Fsp3) is 0.333. The Balaban J connectivity index is 2.10. The van der Waals surface area contributed by atoms with Crippen LogP contribution in [0.4, 0.5) is 0 Å². The van der Waals surface area contributed by atoms with Gasteiger partial charge in [0.05, 0.1) is 20.3 Å². The molecule has 0 heterocycles. The first-order valence-electron chi connectivity index (χ1n) is 8.45. The standard InChI is InChI=1S/C21H27NO3/c1-4-8-20(23)19(13-16-9-6-5-7-10-16)22-15-17-11-12-18(24-2)14-21(17)25-3/h4-7,9-12,14,19-20,22-23H,1,8,13,15H2,2-3H3/t19-,20-/m0/s1. The third kappa shape index (κ3) is 5.62. The zero-order valence-corrected chi connectivity index (χ0v) is 14.9. The van der Waals surface area contributed by atoms with E-state index in [1.54, 1.807) is 20.3 Å². The lowest BCUT2D eigenvalue weighted by Crippen LogP contribution is -2.41. The summed E-state index contributed by atoms with van der Waals surface area (Å²) in [5.74, 6) is 1.52. The molecule has 134 valence electrons. The molecule has 0 unspecified atom stereocenters. The van der Waals surface area contributed by atoms with Gasteiger partial charge in [-0.1, -0.05) is 42.5 Å². The van der Waals surface area contributed by atoms with Gasteiger partial charge >= 0.3 is 0 Å². The zero-order valence-electron chi connectivity index (χ0n) is 14.9. The monoisotopic (exact) mass is 341 g/mol. The zero-order chi connectivity index (χ0) is 18.1. The second-order valence-electron chi connectivity index (χ2n) is 5.95. The summed E-state index contributed by atoms with van der Waals surface area (Å²) in [4.78, 5) is 0. The largest absolute Gasteiger partial charge is 0.497 e. The molecule has 0 fully saturated rings. The number of ether oxygens (including phenoxy) is 2. The minimum Gasteiger partial charge on any atom is -0.497 e. The Morgan fingerprint density at radius 2 is 1.88 bits per heavy atom. The first kappa shape index (κ1) is 19.0. The van der Waals surface area contributed by atoms with E-state index in [-0.39, 0.29) is 6.04 Å². The van der Waals surface area contributed by atoms with Crippen LogP contribution in [0, 0.1) is 0 Å². The van der Waals surface area contributed by atoms with E-state index in [4.69, 9.17) is 9.47 Å². The average molecular weight is 341 g/mol. The number of hydrogen-bond donors (Lipinski definition) is 2. The molecule has 0 aliphatic heterocycles. The summed E-state index contributed by atoms with van der Waals surface area (Å²) >= 11 is 0. The summed E-state index contributed by atoms with van der Waals surface area (Å²) in [5, 5.41) is 13.9. The van der Waals surface area contributed by atoms with E-state index < -0.39 is 6.10 Å². The van der Waals surface area contributed by atoms with E-state index in [9.17, 15) is 5.11 Å². The average Bonchev–Trinajstić information content (AvgIpc) is 2.66. The van der Waals surface area contributed by atoms with Gasteiger partial charge in [-0.25, -0.2) is 0 Å². The smallest absolute Gasteiger partial charge is 0.127 e. The molecule has 0 spiro atoms. The van der Waals surface area contributed by atoms with Crippen LogP contribution in [0.1, 0.15) is 17.5 Å². The van der Waals surface area contributed by atoms with Crippen molar-refractivity contribution < 1.29 is 14.6 Å². The van der Waals surface area contributed by atoms with Crippen molar-refractivity contribution in [3.8, 4) is 11.5 Å². The third-order valence-electron chi connectivity index (χ3n) is 4.22. The van der Waals surface area contributed by atoms with Crippen molar-refractivity contribution in [2.75, 3.05) is 14.2 Å². The molecule has 25 heavy (non-hydrogen) atoms. The predicted octanol–water partition coefficient (Wildman–Crippen LogP) is 3.34. The van der Waals surface area contributed by atoms with Gasteiger partial charge in [0.1, 0.15) is 11.5 Å². The van der Waals surface area contributed by atoms with Crippen molar-refractivity contribution in [2.24, 2.45) is 0 Å². The molecule has 0 amide bonds. The highest BCUT2D eigenvalue weighted by atomic mass is 16.5. The van der Waals surface area contributed by atoms with Crippen LogP contribution in [0.5, 0.6) is 11.5 Å². The molecule has 2 N–H and O–H groups in total. The Morgan fingerprint density at radius 3 is 2.52 bits per heavy atom. The van der Waals surface area contributed by atoms with Crippen LogP contribution in [0.3, 0.4) is 0 Å². The Morgan fingerprint density at radius 1 is 1.12 bits per heavy atom. The summed E-state index contributed by atoms with van der Waals surface area (Å²) in [6.45, 7) is 4.33. The lowest BCUT2D eigenvalue weighted by molar-refractivity contribution is 0.128. The van der Waals surface area contributed by atoms with Crippen LogP contribution < -0.4 is 14.8 Å². The van der Waals surface area contributed by atoms with Crippen LogP contribution in [0.15, 0.2) is 61.2 Å². The van der Waals surface area contributed by atoms with Crippen molar-refractivity contribution in [3.63, 3.8) is 0 Å². The molecule has 2 aromatic carbocycles. The van der Waals surface area contributed by atoms with Crippen molar-refractivity contribution in [3.05, 3.63) is 72.3 Å². The van der Waals surface area contributed by atoms with Crippen LogP contribution in [0.2, 0.25) is 0 Å². The van der Waals surface area contributed by atoms with E-state index >= 15 is 0 Å². The maximum absolute atomic E-state index is 10.5. The Labute approximate surface area is 150 Å². The van der Waals surface area contributed by atoms with E-state index in [1.807, 2.05) is 36.4 Å². The van der Waals surface area contributed by atoms with Crippen molar-refractivity contribution in [2.45, 2.75) is 31.5 Å². The summed E-state index contributed by atoms with van der Waals surface area (Å²) in [7, 11) is 3.28. The topological polar surface area (TPSA) is 50.7 Å². The van der Waals surface area contributed by atoms with Gasteiger partial charge in [0.15, 0.2) is 0 Å². The molecular formula is C21H27NO3. The molecule has 0 radical (unpaired) electrons. The van der Waals surface area contributed by atoms with Crippen LogP contribution in [0.25, 0.3) is 0 Å². The molecule has 2 atom stereocenters. The van der Waals surface area contributed by atoms with Crippen molar-refractivity contribution in [1.29, 1.82) is 0 Å². The molecule has 0 bridgehead atoms. The summed E-state index contributed by atoms with van der Waals surface area (Å²) in [6, 6.07) is 15.8. The van der Waals surface area contributed by atoms with E-state index in [0.29, 0.717) is 13.0 Å². The molecule has 4 heteroatoms. The number of nitrogens with one attached hydrogen (secondary N) is 1. The Bertz CT molecular complexity index is 657. The van der Waals surface area contributed by atoms with Gasteiger partial charge in [0.25, 0.3) is 0 Å². The van der Waals surface area contributed by atoms with Gasteiger partial charge in [-0.2, -0.15) is 0 Å². The lowest BCUT2D eigenvalue weighted by atomic mass is 9.99. The molecule has 4 nitrogen and oxygen atoms in total. The number of benzene rings is 2. The van der Waals surface area contributed by atoms with Gasteiger partial charge < -0.3 is 19.9 Å². The minimum atomic E-state index is -0.498. The summed E-state index contributed by atoms with van der Waals surface area (Å²) in [6.07, 6.45) is 2.54. The highest BCUT2D eigenvalue weighted by molar-refractivity contribution is 5.40. The van der Waals surface area contributed by atoms with Gasteiger partial charge in [0.2, 0.25) is 0 Å². The fourth-order valence-corrected chi connectivity index (χ4v) is 2.79. The summed E-state index contributed by atoms with van der Waals surface area (Å²) < 4.78 is 10.7. The molecule has 0 aromatic heterocycles. The maximum Gasteiger partial charge on any atom is 0.127 e. The quantitative estimate of drug-likeness (QED) is 0.651. The Kier molecular flexibility index (Phi) is 7.51. The first-order chi connectivity index (χ1) is 12.2. The second-order valence-corrected chi connectivity index (χ2v) is 5.95. The number of aliphatic hydroxyl groups is 1. The first-order valence-corrected chi connectivity index (χ1v) is 8.45. The second kappa shape index (κ2) is 9.87. The molecule has 0 aliphatic carbocycles. The number of rotatable bonds is 10. The maximum atomic E-state index is 10.5. The van der Waals surface area contributed by atoms with Crippen molar-refractivity contribution >= 4 is 0 Å². The number of methoxy groups -OCH3 is 2. The highest BCUT2D eigenvalue weighted by Gasteiger charge is 2.19. The summed E-state index contributed by atoms with van der Waals surface area (Å²) in [5.41, 5.74) is 2.21. The van der Waals surface area contributed by atoms with Crippen LogP contribution in [-0.2, 0) is 13.0 Å². The van der Waals surface area contributed by atoms with Gasteiger partial charge in [0, 0.05) is 24.2 Å². The lowest BCUT2D eigenvalue weighted by Gasteiger charge is -2.24. The molecular weight excluding hydrogens is 314 g/mol. The molecule has 0 saturated heterocycles. The predicted molar refractivity (Wildman–Crippen MR) is 101 cm³/mol. The SMILES string of the molecule is C=CC[C@H](O)[C@H](Cc1ccccc1)NCc1ccc(OC)cc1OC. The van der Waals surface area contributed by atoms with E-state index in [2.05, 4.69) is 24.0 Å². The highest BCUT2D eigenvalue weighted by Crippen LogP contribution is 2.24. The molecule has 0 saturated carbocycles. The Hall–Kier alpha value is -2.30. The molecule has 2 aromatic rings.